The fourth-order valence-corrected chi connectivity index (χ4v) is 4.59. The molecule has 0 N–H and O–H groups in total. The smallest absolute Gasteiger partial charge is 0.228 e. The third-order valence-electron chi connectivity index (χ3n) is 6.37. The van der Waals surface area contributed by atoms with E-state index in [4.69, 9.17) is 9.72 Å². The van der Waals surface area contributed by atoms with Gasteiger partial charge in [0.05, 0.1) is 30.0 Å². The fraction of sp³-hybridized carbons (Fsp3) is 0.417. The molecule has 2 aromatic heterocycles. The second kappa shape index (κ2) is 6.99. The lowest BCUT2D eigenvalue weighted by atomic mass is 9.85. The Morgan fingerprint density at radius 2 is 1.86 bits per heavy atom. The molecule has 5 nitrogen and oxygen atoms in total. The first-order chi connectivity index (χ1) is 14.0. The molecular weight excluding hydrogens is 362 g/mol. The Balaban J connectivity index is 1.50. The molecule has 1 unspecified atom stereocenters. The number of carbonyl (C=O) groups excluding carboxylic acids is 1. The molecule has 0 aliphatic carbocycles. The van der Waals surface area contributed by atoms with Crippen molar-refractivity contribution < 1.29 is 9.53 Å². The molecular formula is C24H27N3O2. The Kier molecular flexibility index (Phi) is 4.43. The van der Waals surface area contributed by atoms with Crippen molar-refractivity contribution in [3.63, 3.8) is 0 Å². The number of likely N-dealkylation sites (tertiary alicyclic amines) is 1. The Bertz CT molecular complexity index is 1060. The zero-order valence-corrected chi connectivity index (χ0v) is 17.1. The Morgan fingerprint density at radius 1 is 1.10 bits per heavy atom. The third-order valence-corrected chi connectivity index (χ3v) is 6.37. The summed E-state index contributed by atoms with van der Waals surface area (Å²) < 4.78 is 7.94. The van der Waals surface area contributed by atoms with Crippen molar-refractivity contribution in [1.82, 2.24) is 14.3 Å². The van der Waals surface area contributed by atoms with Crippen LogP contribution in [0.4, 0.5) is 0 Å². The second-order valence-corrected chi connectivity index (χ2v) is 8.58. The number of imidazole rings is 1. The van der Waals surface area contributed by atoms with Crippen molar-refractivity contribution in [1.29, 1.82) is 0 Å². The van der Waals surface area contributed by atoms with Gasteiger partial charge in [-0.1, -0.05) is 35.9 Å². The standard InChI is InChI=1S/C24H27N3O2/c1-17-4-7-19(8-5-17)23-20(27-15-18(2)6-9-21(27)25-23)14-22(28)26-12-3-10-24(16-26)11-13-29-24/h4-9,15H,3,10-14,16H2,1-2H3. The van der Waals surface area contributed by atoms with Gasteiger partial charge in [0.25, 0.3) is 0 Å². The van der Waals surface area contributed by atoms with Gasteiger partial charge in [0.2, 0.25) is 5.91 Å². The summed E-state index contributed by atoms with van der Waals surface area (Å²) in [7, 11) is 0. The quantitative estimate of drug-likeness (QED) is 0.682. The lowest BCUT2D eigenvalue weighted by Gasteiger charge is -2.48. The van der Waals surface area contributed by atoms with E-state index in [1.165, 1.54) is 5.56 Å². The zero-order chi connectivity index (χ0) is 20.0. The minimum absolute atomic E-state index is 0.0796. The molecule has 4 heterocycles. The summed E-state index contributed by atoms with van der Waals surface area (Å²) in [5.41, 5.74) is 6.08. The number of ether oxygens (including phenoxy) is 1. The van der Waals surface area contributed by atoms with Crippen molar-refractivity contribution in [2.45, 2.75) is 45.1 Å². The van der Waals surface area contributed by atoms with E-state index in [0.717, 1.165) is 67.1 Å². The molecule has 0 saturated carbocycles. The molecule has 3 aromatic rings. The van der Waals surface area contributed by atoms with Crippen molar-refractivity contribution in [3.05, 3.63) is 59.4 Å². The number of hydrogen-bond donors (Lipinski definition) is 0. The van der Waals surface area contributed by atoms with Crippen LogP contribution in [0.15, 0.2) is 42.6 Å². The van der Waals surface area contributed by atoms with Gasteiger partial charge in [-0.3, -0.25) is 4.79 Å². The maximum atomic E-state index is 13.3. The van der Waals surface area contributed by atoms with E-state index in [9.17, 15) is 4.79 Å². The van der Waals surface area contributed by atoms with Gasteiger partial charge in [-0.15, -0.1) is 0 Å². The number of carbonyl (C=O) groups is 1. The number of hydrogen-bond acceptors (Lipinski definition) is 3. The van der Waals surface area contributed by atoms with Crippen LogP contribution in [0.3, 0.4) is 0 Å². The van der Waals surface area contributed by atoms with E-state index in [1.807, 2.05) is 11.0 Å². The van der Waals surface area contributed by atoms with Gasteiger partial charge in [0.15, 0.2) is 0 Å². The monoisotopic (exact) mass is 389 g/mol. The molecule has 0 radical (unpaired) electrons. The molecule has 1 aromatic carbocycles. The van der Waals surface area contributed by atoms with Gasteiger partial charge in [-0.2, -0.15) is 0 Å². The van der Waals surface area contributed by atoms with Crippen molar-refractivity contribution >= 4 is 11.6 Å². The van der Waals surface area contributed by atoms with Gasteiger partial charge in [-0.05, 0) is 38.3 Å². The first-order valence-corrected chi connectivity index (χ1v) is 10.5. The number of amides is 1. The summed E-state index contributed by atoms with van der Waals surface area (Å²) in [5, 5.41) is 0. The van der Waals surface area contributed by atoms with Gasteiger partial charge in [-0.25, -0.2) is 4.98 Å². The topological polar surface area (TPSA) is 46.8 Å². The first-order valence-electron chi connectivity index (χ1n) is 10.5. The number of aromatic nitrogens is 2. The molecule has 2 aliphatic heterocycles. The predicted octanol–water partition coefficient (Wildman–Crippen LogP) is 3.94. The lowest BCUT2D eigenvalue weighted by Crippen LogP contribution is -2.57. The molecule has 1 spiro atoms. The van der Waals surface area contributed by atoms with Crippen molar-refractivity contribution in [2.24, 2.45) is 0 Å². The Morgan fingerprint density at radius 3 is 2.59 bits per heavy atom. The Labute approximate surface area is 171 Å². The van der Waals surface area contributed by atoms with Crippen LogP contribution in [0.2, 0.25) is 0 Å². The van der Waals surface area contributed by atoms with Crippen LogP contribution in [-0.4, -0.2) is 45.5 Å². The number of fused-ring (bicyclic) bond motifs is 1. The van der Waals surface area contributed by atoms with E-state index in [0.29, 0.717) is 6.42 Å². The SMILES string of the molecule is Cc1ccc(-c2nc3ccc(C)cn3c2CC(=O)N2CCCC3(CCO3)C2)cc1. The van der Waals surface area contributed by atoms with Crippen molar-refractivity contribution in [3.8, 4) is 11.3 Å². The summed E-state index contributed by atoms with van der Waals surface area (Å²) in [6.07, 6.45) is 5.59. The minimum atomic E-state index is -0.0796. The summed E-state index contributed by atoms with van der Waals surface area (Å²) in [5.74, 6) is 0.163. The predicted molar refractivity (Wildman–Crippen MR) is 113 cm³/mol. The summed E-state index contributed by atoms with van der Waals surface area (Å²) in [6, 6.07) is 12.5. The van der Waals surface area contributed by atoms with Crippen LogP contribution in [-0.2, 0) is 16.0 Å². The first kappa shape index (κ1) is 18.4. The number of benzene rings is 1. The molecule has 2 saturated heterocycles. The van der Waals surface area contributed by atoms with Gasteiger partial charge in [0.1, 0.15) is 5.65 Å². The summed E-state index contributed by atoms with van der Waals surface area (Å²) in [6.45, 7) is 6.52. The fourth-order valence-electron chi connectivity index (χ4n) is 4.59. The normalized spacial score (nSPS) is 21.5. The highest BCUT2D eigenvalue weighted by atomic mass is 16.5. The van der Waals surface area contributed by atoms with E-state index >= 15 is 0 Å². The number of aryl methyl sites for hydroxylation is 2. The van der Waals surface area contributed by atoms with Crippen LogP contribution in [0.25, 0.3) is 16.9 Å². The van der Waals surface area contributed by atoms with E-state index in [2.05, 4.69) is 54.8 Å². The molecule has 5 heteroatoms. The lowest BCUT2D eigenvalue weighted by molar-refractivity contribution is -0.182. The van der Waals surface area contributed by atoms with Gasteiger partial charge < -0.3 is 14.0 Å². The van der Waals surface area contributed by atoms with Crippen LogP contribution in [0, 0.1) is 13.8 Å². The van der Waals surface area contributed by atoms with Crippen LogP contribution in [0.5, 0.6) is 0 Å². The molecule has 0 bridgehead atoms. The van der Waals surface area contributed by atoms with Gasteiger partial charge in [0, 0.05) is 31.3 Å². The summed E-state index contributed by atoms with van der Waals surface area (Å²) in [4.78, 5) is 20.2. The largest absolute Gasteiger partial charge is 0.373 e. The van der Waals surface area contributed by atoms with E-state index in [1.54, 1.807) is 0 Å². The highest BCUT2D eigenvalue weighted by molar-refractivity contribution is 5.82. The minimum Gasteiger partial charge on any atom is -0.373 e. The second-order valence-electron chi connectivity index (χ2n) is 8.58. The van der Waals surface area contributed by atoms with Crippen LogP contribution < -0.4 is 0 Å². The average Bonchev–Trinajstić information content (AvgIpc) is 3.05. The van der Waals surface area contributed by atoms with Gasteiger partial charge >= 0.3 is 0 Å². The van der Waals surface area contributed by atoms with E-state index < -0.39 is 0 Å². The maximum absolute atomic E-state index is 13.3. The molecule has 1 amide bonds. The zero-order valence-electron chi connectivity index (χ0n) is 17.1. The number of piperidine rings is 1. The molecule has 29 heavy (non-hydrogen) atoms. The number of nitrogens with zero attached hydrogens (tertiary/aromatic N) is 3. The number of rotatable bonds is 3. The van der Waals surface area contributed by atoms with Crippen LogP contribution >= 0.6 is 0 Å². The van der Waals surface area contributed by atoms with Crippen LogP contribution in [0.1, 0.15) is 36.1 Å². The number of pyridine rings is 1. The highest BCUT2D eigenvalue weighted by Gasteiger charge is 2.43. The molecule has 2 fully saturated rings. The summed E-state index contributed by atoms with van der Waals surface area (Å²) >= 11 is 0. The maximum Gasteiger partial charge on any atom is 0.228 e. The highest BCUT2D eigenvalue weighted by Crippen LogP contribution is 2.36. The molecule has 1 atom stereocenters. The van der Waals surface area contributed by atoms with E-state index in [-0.39, 0.29) is 11.5 Å². The molecule has 5 rings (SSSR count). The molecule has 2 aliphatic rings. The van der Waals surface area contributed by atoms with Crippen molar-refractivity contribution in [2.75, 3.05) is 19.7 Å². The molecule has 150 valence electrons. The average molecular weight is 389 g/mol. The third kappa shape index (κ3) is 3.33. The Hall–Kier alpha value is -2.66.